The summed E-state index contributed by atoms with van der Waals surface area (Å²) in [5.74, 6) is -1.35. The predicted molar refractivity (Wildman–Crippen MR) is 158 cm³/mol. The summed E-state index contributed by atoms with van der Waals surface area (Å²) in [7, 11) is 1.99. The Kier molecular flexibility index (Phi) is 10.4. The lowest BCUT2D eigenvalue weighted by molar-refractivity contribution is -0.151. The topological polar surface area (TPSA) is 111 Å². The van der Waals surface area contributed by atoms with Crippen LogP contribution in [-0.4, -0.2) is 89.5 Å². The van der Waals surface area contributed by atoms with Crippen molar-refractivity contribution in [3.05, 3.63) is 47.3 Å². The monoisotopic (exact) mass is 585 g/mol. The van der Waals surface area contributed by atoms with Gasteiger partial charge < -0.3 is 29.6 Å². The number of aliphatic hydroxyl groups is 1. The van der Waals surface area contributed by atoms with E-state index in [-0.39, 0.29) is 36.1 Å². The largest absolute Gasteiger partial charge is 0.465 e. The van der Waals surface area contributed by atoms with Crippen LogP contribution in [0.2, 0.25) is 0 Å². The lowest BCUT2D eigenvalue weighted by atomic mass is 9.80. The molecule has 0 bridgehead atoms. The second-order valence-electron chi connectivity index (χ2n) is 12.2. The molecule has 2 N–H and O–H groups in total. The van der Waals surface area contributed by atoms with Crippen molar-refractivity contribution in [1.82, 2.24) is 9.80 Å². The summed E-state index contributed by atoms with van der Waals surface area (Å²) < 4.78 is 20.5. The molecule has 0 saturated carbocycles. The van der Waals surface area contributed by atoms with E-state index in [9.17, 15) is 29.0 Å². The zero-order valence-corrected chi connectivity index (χ0v) is 25.0. The van der Waals surface area contributed by atoms with Gasteiger partial charge >= 0.3 is 12.1 Å². The number of piperazine rings is 1. The Balaban J connectivity index is 1.66. The molecule has 2 fully saturated rings. The Hall–Kier alpha value is -3.24. The molecule has 230 valence electrons. The Morgan fingerprint density at radius 3 is 2.55 bits per heavy atom. The zero-order valence-electron chi connectivity index (χ0n) is 25.0. The van der Waals surface area contributed by atoms with Crippen molar-refractivity contribution in [3.63, 3.8) is 0 Å². The lowest BCUT2D eigenvalue weighted by Gasteiger charge is -2.43. The standard InChI is InChI=1S/C32H44FN3O6/c1-20-7-9-26(37)18-30(39)42-31(21(2)8-10-27(20)28-19-34(4)12-13-36(28)32(40)41)22(3)14-23-15-24(33)17-25(16-23)35-11-5-6-29(35)38/h8,10,14-17,20-21,26-28,31,37H,5-7,9,11-13,18-19H2,1-4H3,(H,40,41)/b10-8+,22-14+/t20-,21-,26+,27-,28?,31-/m0/s1. The van der Waals surface area contributed by atoms with Crippen LogP contribution in [0.25, 0.3) is 6.08 Å². The van der Waals surface area contributed by atoms with E-state index in [0.29, 0.717) is 62.3 Å². The minimum absolute atomic E-state index is 0.0350. The molecule has 0 radical (unpaired) electrons. The summed E-state index contributed by atoms with van der Waals surface area (Å²) in [6.45, 7) is 8.05. The maximum absolute atomic E-state index is 14.6. The normalized spacial score (nSPS) is 31.3. The van der Waals surface area contributed by atoms with E-state index >= 15 is 0 Å². The number of carbonyl (C=O) groups excluding carboxylic acids is 2. The van der Waals surface area contributed by atoms with E-state index in [1.807, 2.05) is 27.0 Å². The van der Waals surface area contributed by atoms with Crippen LogP contribution < -0.4 is 4.90 Å². The molecule has 0 aliphatic carbocycles. The van der Waals surface area contributed by atoms with Gasteiger partial charge in [0.2, 0.25) is 5.91 Å². The van der Waals surface area contributed by atoms with Gasteiger partial charge in [-0.25, -0.2) is 9.18 Å². The zero-order chi connectivity index (χ0) is 30.6. The van der Waals surface area contributed by atoms with Crippen LogP contribution in [0.4, 0.5) is 14.9 Å². The molecular formula is C32H44FN3O6. The number of likely N-dealkylation sites (N-methyl/N-ethyl adjacent to an activating group) is 1. The van der Waals surface area contributed by atoms with E-state index < -0.39 is 30.1 Å². The van der Waals surface area contributed by atoms with Crippen LogP contribution >= 0.6 is 0 Å². The number of esters is 1. The molecule has 1 unspecified atom stereocenters. The van der Waals surface area contributed by atoms with E-state index in [1.54, 1.807) is 17.0 Å². The number of carboxylic acid groups (broad SMARTS) is 1. The van der Waals surface area contributed by atoms with Crippen molar-refractivity contribution in [2.75, 3.05) is 38.1 Å². The van der Waals surface area contributed by atoms with E-state index in [1.165, 1.54) is 17.0 Å². The van der Waals surface area contributed by atoms with Crippen molar-refractivity contribution >= 4 is 29.7 Å². The molecule has 1 aromatic rings. The molecule has 1 aromatic carbocycles. The molecule has 3 heterocycles. The van der Waals surface area contributed by atoms with Crippen LogP contribution in [0.15, 0.2) is 35.9 Å². The van der Waals surface area contributed by atoms with Crippen molar-refractivity contribution in [3.8, 4) is 0 Å². The smallest absolute Gasteiger partial charge is 0.407 e. The van der Waals surface area contributed by atoms with E-state index in [4.69, 9.17) is 4.74 Å². The van der Waals surface area contributed by atoms with Gasteiger partial charge in [-0.15, -0.1) is 0 Å². The minimum Gasteiger partial charge on any atom is -0.465 e. The number of hydrogen-bond donors (Lipinski definition) is 2. The minimum atomic E-state index is -0.941. The van der Waals surface area contributed by atoms with Gasteiger partial charge in [0, 0.05) is 50.1 Å². The van der Waals surface area contributed by atoms with Crippen LogP contribution in [0, 0.1) is 23.6 Å². The van der Waals surface area contributed by atoms with Gasteiger partial charge in [-0.05, 0) is 68.5 Å². The second-order valence-corrected chi connectivity index (χ2v) is 12.2. The molecule has 42 heavy (non-hydrogen) atoms. The molecule has 10 heteroatoms. The Morgan fingerprint density at radius 1 is 1.10 bits per heavy atom. The maximum Gasteiger partial charge on any atom is 0.407 e. The Labute approximate surface area is 247 Å². The third kappa shape index (κ3) is 7.77. The van der Waals surface area contributed by atoms with Gasteiger partial charge in [-0.3, -0.25) is 9.59 Å². The van der Waals surface area contributed by atoms with E-state index in [2.05, 4.69) is 17.9 Å². The Bertz CT molecular complexity index is 1220. The number of anilines is 1. The molecule has 0 spiro atoms. The molecule has 0 aromatic heterocycles. The highest BCUT2D eigenvalue weighted by Crippen LogP contribution is 2.32. The first-order chi connectivity index (χ1) is 19.9. The lowest BCUT2D eigenvalue weighted by Crippen LogP contribution is -2.57. The average Bonchev–Trinajstić information content (AvgIpc) is 3.35. The van der Waals surface area contributed by atoms with Gasteiger partial charge in [0.15, 0.2) is 0 Å². The van der Waals surface area contributed by atoms with Gasteiger partial charge in [-0.1, -0.05) is 32.1 Å². The molecule has 2 amide bonds. The summed E-state index contributed by atoms with van der Waals surface area (Å²) in [5, 5.41) is 20.6. The first-order valence-corrected chi connectivity index (χ1v) is 15.0. The fraction of sp³-hybridized carbons (Fsp3) is 0.594. The Morgan fingerprint density at radius 2 is 1.86 bits per heavy atom. The molecule has 3 aliphatic rings. The summed E-state index contributed by atoms with van der Waals surface area (Å²) in [5.41, 5.74) is 1.74. The number of ether oxygens (including phenoxy) is 1. The number of rotatable bonds is 4. The van der Waals surface area contributed by atoms with Gasteiger partial charge in [0.05, 0.1) is 18.6 Å². The number of nitrogens with zero attached hydrogens (tertiary/aromatic N) is 3. The third-order valence-corrected chi connectivity index (χ3v) is 8.83. The van der Waals surface area contributed by atoms with Crippen molar-refractivity contribution in [2.45, 2.75) is 71.1 Å². The number of cyclic esters (lactones) is 1. The van der Waals surface area contributed by atoms with Crippen LogP contribution in [0.3, 0.4) is 0 Å². The maximum atomic E-state index is 14.6. The van der Waals surface area contributed by atoms with E-state index in [0.717, 1.165) is 6.42 Å². The third-order valence-electron chi connectivity index (χ3n) is 8.83. The van der Waals surface area contributed by atoms with Crippen molar-refractivity contribution < 1.29 is 33.7 Å². The fourth-order valence-electron chi connectivity index (χ4n) is 6.47. The highest BCUT2D eigenvalue weighted by molar-refractivity contribution is 5.95. The molecule has 6 atom stereocenters. The number of hydrogen-bond acceptors (Lipinski definition) is 6. The van der Waals surface area contributed by atoms with Crippen LogP contribution in [0.1, 0.15) is 58.4 Å². The quantitative estimate of drug-likeness (QED) is 0.394. The molecule has 2 saturated heterocycles. The molecule has 3 aliphatic heterocycles. The number of benzene rings is 1. The summed E-state index contributed by atoms with van der Waals surface area (Å²) >= 11 is 0. The first-order valence-electron chi connectivity index (χ1n) is 15.0. The molecule has 4 rings (SSSR count). The molecule has 9 nitrogen and oxygen atoms in total. The summed E-state index contributed by atoms with van der Waals surface area (Å²) in [6, 6.07) is 4.24. The van der Waals surface area contributed by atoms with Gasteiger partial charge in [0.25, 0.3) is 0 Å². The van der Waals surface area contributed by atoms with Crippen molar-refractivity contribution in [2.24, 2.45) is 17.8 Å². The average molecular weight is 586 g/mol. The highest BCUT2D eigenvalue weighted by atomic mass is 19.1. The first kappa shape index (κ1) is 31.7. The number of carbonyl (C=O) groups is 3. The predicted octanol–water partition coefficient (Wildman–Crippen LogP) is 4.55. The number of amides is 2. The molecular weight excluding hydrogens is 541 g/mol. The van der Waals surface area contributed by atoms with Crippen LogP contribution in [0.5, 0.6) is 0 Å². The van der Waals surface area contributed by atoms with Crippen LogP contribution in [-0.2, 0) is 14.3 Å². The summed E-state index contributed by atoms with van der Waals surface area (Å²) in [4.78, 5) is 42.5. The fourth-order valence-corrected chi connectivity index (χ4v) is 6.47. The summed E-state index contributed by atoms with van der Waals surface area (Å²) in [6.07, 6.45) is 5.35. The van der Waals surface area contributed by atoms with Crippen molar-refractivity contribution in [1.29, 1.82) is 0 Å². The highest BCUT2D eigenvalue weighted by Gasteiger charge is 2.37. The van der Waals surface area contributed by atoms with Gasteiger partial charge in [0.1, 0.15) is 11.9 Å². The second kappa shape index (κ2) is 13.8. The number of aliphatic hydroxyl groups excluding tert-OH is 1. The SMILES string of the molecule is C/C(=C\c1cc(F)cc(N2CCCC2=O)c1)[C@H]1OC(=O)C[C@H](O)CC[C@H](C)[C@@H](C2CN(C)CCN2C(=O)O)/C=C/[C@@H]1C. The number of halogens is 1. The van der Waals surface area contributed by atoms with Gasteiger partial charge in [-0.2, -0.15) is 0 Å².